The predicted octanol–water partition coefficient (Wildman–Crippen LogP) is 2.01. The molecule has 0 heterocycles. The zero-order chi connectivity index (χ0) is 12.5. The monoisotopic (exact) mass is 238 g/mol. The van der Waals surface area contributed by atoms with Crippen LogP contribution in [0.3, 0.4) is 0 Å². The normalized spacial score (nSPS) is 16.7. The van der Waals surface area contributed by atoms with Gasteiger partial charge in [0.05, 0.1) is 7.11 Å². The van der Waals surface area contributed by atoms with Gasteiger partial charge < -0.3 is 15.4 Å². The summed E-state index contributed by atoms with van der Waals surface area (Å²) in [5, 5.41) is 0. The zero-order valence-electron chi connectivity index (χ0n) is 10.4. The van der Waals surface area contributed by atoms with Crippen molar-refractivity contribution in [3.8, 4) is 5.75 Å². The first-order chi connectivity index (χ1) is 8.10. The van der Waals surface area contributed by atoms with E-state index in [2.05, 4.69) is 4.90 Å². The van der Waals surface area contributed by atoms with Gasteiger partial charge in [0.1, 0.15) is 0 Å². The molecular formula is C13H19FN2O. The highest BCUT2D eigenvalue weighted by Gasteiger charge is 2.42. The quantitative estimate of drug-likeness (QED) is 0.852. The maximum Gasteiger partial charge on any atom is 0.167 e. The summed E-state index contributed by atoms with van der Waals surface area (Å²) in [6.07, 6.45) is 2.35. The Labute approximate surface area is 101 Å². The number of halogens is 1. The second kappa shape index (κ2) is 4.53. The van der Waals surface area contributed by atoms with Crippen molar-refractivity contribution in [3.63, 3.8) is 0 Å². The summed E-state index contributed by atoms with van der Waals surface area (Å²) in [6, 6.07) is 5.03. The second-order valence-corrected chi connectivity index (χ2v) is 4.88. The fourth-order valence-electron chi connectivity index (χ4n) is 2.09. The van der Waals surface area contributed by atoms with Crippen LogP contribution in [0.5, 0.6) is 5.75 Å². The van der Waals surface area contributed by atoms with Gasteiger partial charge in [0.15, 0.2) is 11.6 Å². The summed E-state index contributed by atoms with van der Waals surface area (Å²) in [5.41, 5.74) is 6.87. The van der Waals surface area contributed by atoms with Crippen molar-refractivity contribution in [1.82, 2.24) is 0 Å². The van der Waals surface area contributed by atoms with Crippen molar-refractivity contribution in [2.24, 2.45) is 11.1 Å². The number of anilines is 1. The SMILES string of the molecule is COc1ccc(N(C)CC2(CN)CC2)cc1F. The lowest BCUT2D eigenvalue weighted by molar-refractivity contribution is 0.386. The molecule has 0 aromatic heterocycles. The van der Waals surface area contributed by atoms with Crippen LogP contribution in [0.2, 0.25) is 0 Å². The molecule has 1 aromatic rings. The standard InChI is InChI=1S/C13H19FN2O/c1-16(9-13(8-15)5-6-13)10-3-4-12(17-2)11(14)7-10/h3-4,7H,5-6,8-9,15H2,1-2H3. The maximum atomic E-state index is 13.6. The zero-order valence-corrected chi connectivity index (χ0v) is 10.4. The Bertz CT molecular complexity index is 404. The summed E-state index contributed by atoms with van der Waals surface area (Å²) in [7, 11) is 3.44. The number of nitrogens with two attached hydrogens (primary N) is 1. The van der Waals surface area contributed by atoms with E-state index in [1.54, 1.807) is 6.07 Å². The van der Waals surface area contributed by atoms with E-state index >= 15 is 0 Å². The molecule has 0 radical (unpaired) electrons. The number of methoxy groups -OCH3 is 1. The highest BCUT2D eigenvalue weighted by Crippen LogP contribution is 2.45. The minimum Gasteiger partial charge on any atom is -0.494 e. The molecule has 1 fully saturated rings. The number of benzene rings is 1. The highest BCUT2D eigenvalue weighted by atomic mass is 19.1. The Hall–Kier alpha value is -1.29. The van der Waals surface area contributed by atoms with Crippen molar-refractivity contribution < 1.29 is 9.13 Å². The van der Waals surface area contributed by atoms with Gasteiger partial charge in [-0.2, -0.15) is 0 Å². The molecule has 0 atom stereocenters. The van der Waals surface area contributed by atoms with E-state index in [9.17, 15) is 4.39 Å². The molecule has 0 saturated heterocycles. The molecule has 0 spiro atoms. The molecule has 0 unspecified atom stereocenters. The van der Waals surface area contributed by atoms with Crippen LogP contribution in [-0.2, 0) is 0 Å². The molecule has 1 aliphatic rings. The summed E-state index contributed by atoms with van der Waals surface area (Å²) >= 11 is 0. The first kappa shape index (κ1) is 12.2. The summed E-state index contributed by atoms with van der Waals surface area (Å²) in [6.45, 7) is 1.59. The average Bonchev–Trinajstić information content (AvgIpc) is 3.09. The molecule has 0 aliphatic heterocycles. The van der Waals surface area contributed by atoms with Crippen LogP contribution in [0.1, 0.15) is 12.8 Å². The number of hydrogen-bond donors (Lipinski definition) is 1. The molecule has 1 saturated carbocycles. The van der Waals surface area contributed by atoms with Crippen LogP contribution in [0.15, 0.2) is 18.2 Å². The minimum atomic E-state index is -0.325. The van der Waals surface area contributed by atoms with Gasteiger partial charge in [0.2, 0.25) is 0 Å². The Kier molecular flexibility index (Phi) is 3.24. The van der Waals surface area contributed by atoms with Gasteiger partial charge in [-0.05, 0) is 31.5 Å². The van der Waals surface area contributed by atoms with Crippen molar-refractivity contribution in [3.05, 3.63) is 24.0 Å². The van der Waals surface area contributed by atoms with Crippen LogP contribution in [0.4, 0.5) is 10.1 Å². The third-order valence-corrected chi connectivity index (χ3v) is 3.54. The molecule has 0 bridgehead atoms. The van der Waals surface area contributed by atoms with Crippen molar-refractivity contribution in [2.45, 2.75) is 12.8 Å². The van der Waals surface area contributed by atoms with Gasteiger partial charge in [-0.1, -0.05) is 0 Å². The fourth-order valence-corrected chi connectivity index (χ4v) is 2.09. The summed E-state index contributed by atoms with van der Waals surface area (Å²) < 4.78 is 18.5. The van der Waals surface area contributed by atoms with Crippen molar-refractivity contribution in [2.75, 3.05) is 32.1 Å². The smallest absolute Gasteiger partial charge is 0.167 e. The Morgan fingerprint density at radius 1 is 1.47 bits per heavy atom. The van der Waals surface area contributed by atoms with Gasteiger partial charge in [-0.3, -0.25) is 0 Å². The molecule has 1 aliphatic carbocycles. The Morgan fingerprint density at radius 3 is 2.65 bits per heavy atom. The Morgan fingerprint density at radius 2 is 2.18 bits per heavy atom. The van der Waals surface area contributed by atoms with Crippen molar-refractivity contribution >= 4 is 5.69 Å². The molecule has 4 heteroatoms. The topological polar surface area (TPSA) is 38.5 Å². The fraction of sp³-hybridized carbons (Fsp3) is 0.538. The average molecular weight is 238 g/mol. The van der Waals surface area contributed by atoms with E-state index in [1.807, 2.05) is 13.1 Å². The second-order valence-electron chi connectivity index (χ2n) is 4.88. The van der Waals surface area contributed by atoms with Crippen LogP contribution in [0, 0.1) is 11.2 Å². The van der Waals surface area contributed by atoms with Crippen molar-refractivity contribution in [1.29, 1.82) is 0 Å². The van der Waals surface area contributed by atoms with E-state index in [0.29, 0.717) is 6.54 Å². The molecule has 94 valence electrons. The lowest BCUT2D eigenvalue weighted by atomic mass is 10.1. The predicted molar refractivity (Wildman–Crippen MR) is 66.9 cm³/mol. The lowest BCUT2D eigenvalue weighted by Crippen LogP contribution is -2.31. The Balaban J connectivity index is 2.09. The number of ether oxygens (including phenoxy) is 1. The van der Waals surface area contributed by atoms with E-state index in [0.717, 1.165) is 12.2 Å². The van der Waals surface area contributed by atoms with E-state index in [4.69, 9.17) is 10.5 Å². The van der Waals surface area contributed by atoms with Crippen LogP contribution >= 0.6 is 0 Å². The highest BCUT2D eigenvalue weighted by molar-refractivity contribution is 5.49. The third kappa shape index (κ3) is 2.52. The molecule has 2 rings (SSSR count). The first-order valence-corrected chi connectivity index (χ1v) is 5.85. The third-order valence-electron chi connectivity index (χ3n) is 3.54. The molecular weight excluding hydrogens is 219 g/mol. The van der Waals surface area contributed by atoms with Crippen LogP contribution in [0.25, 0.3) is 0 Å². The van der Waals surface area contributed by atoms with Gasteiger partial charge >= 0.3 is 0 Å². The van der Waals surface area contributed by atoms with Crippen LogP contribution < -0.4 is 15.4 Å². The molecule has 3 nitrogen and oxygen atoms in total. The summed E-state index contributed by atoms with van der Waals surface area (Å²) in [5.74, 6) is -0.0449. The molecule has 17 heavy (non-hydrogen) atoms. The molecule has 2 N–H and O–H groups in total. The largest absolute Gasteiger partial charge is 0.494 e. The summed E-state index contributed by atoms with van der Waals surface area (Å²) in [4.78, 5) is 2.06. The van der Waals surface area contributed by atoms with Gasteiger partial charge in [0.25, 0.3) is 0 Å². The van der Waals surface area contributed by atoms with Gasteiger partial charge in [0, 0.05) is 30.8 Å². The molecule has 0 amide bonds. The number of nitrogens with zero attached hydrogens (tertiary/aromatic N) is 1. The lowest BCUT2D eigenvalue weighted by Gasteiger charge is -2.25. The van der Waals surface area contributed by atoms with E-state index < -0.39 is 0 Å². The maximum absolute atomic E-state index is 13.6. The van der Waals surface area contributed by atoms with Gasteiger partial charge in [-0.15, -0.1) is 0 Å². The minimum absolute atomic E-state index is 0.255. The molecule has 1 aromatic carbocycles. The van der Waals surface area contributed by atoms with E-state index in [1.165, 1.54) is 26.0 Å². The number of hydrogen-bond acceptors (Lipinski definition) is 3. The van der Waals surface area contributed by atoms with E-state index in [-0.39, 0.29) is 17.0 Å². The van der Waals surface area contributed by atoms with Crippen LogP contribution in [-0.4, -0.2) is 27.2 Å². The number of rotatable bonds is 5. The van der Waals surface area contributed by atoms with Gasteiger partial charge in [-0.25, -0.2) is 4.39 Å². The first-order valence-electron chi connectivity index (χ1n) is 5.85.